The predicted molar refractivity (Wildman–Crippen MR) is 88.3 cm³/mol. The molecule has 2 rings (SSSR count). The molecule has 132 valence electrons. The first-order valence-corrected chi connectivity index (χ1v) is 7.41. The number of aryl methyl sites for hydroxylation is 1. The summed E-state index contributed by atoms with van der Waals surface area (Å²) in [6.45, 7) is 4.28. The van der Waals surface area contributed by atoms with Gasteiger partial charge in [-0.3, -0.25) is 19.1 Å². The standard InChI is InChI=1S/C14H21N5O2.CH2O2/c1-4-12(20)19-9-6-14(7-10-19,13(21)15-2)17-11-5-8-16-18(11)3;2-1-3/h4-5,8,17H,1,6-7,9-10H2,2-3H3,(H,15,21);1H,(H,2,3). The maximum atomic E-state index is 12.3. The fraction of sp³-hybridized carbons (Fsp3) is 0.467. The lowest BCUT2D eigenvalue weighted by molar-refractivity contribution is -0.132. The molecule has 0 bridgehead atoms. The van der Waals surface area contributed by atoms with Crippen molar-refractivity contribution >= 4 is 24.1 Å². The van der Waals surface area contributed by atoms with Crippen molar-refractivity contribution < 1.29 is 19.5 Å². The number of rotatable bonds is 4. The molecule has 1 fully saturated rings. The van der Waals surface area contributed by atoms with E-state index in [4.69, 9.17) is 9.90 Å². The van der Waals surface area contributed by atoms with Crippen molar-refractivity contribution in [2.45, 2.75) is 18.4 Å². The van der Waals surface area contributed by atoms with Crippen LogP contribution in [0.2, 0.25) is 0 Å². The van der Waals surface area contributed by atoms with E-state index in [9.17, 15) is 9.59 Å². The number of nitrogens with one attached hydrogen (secondary N) is 2. The molecule has 24 heavy (non-hydrogen) atoms. The van der Waals surface area contributed by atoms with Gasteiger partial charge in [0, 0.05) is 33.3 Å². The number of amides is 2. The molecular formula is C15H23N5O4. The Kier molecular flexibility index (Phi) is 6.97. The maximum absolute atomic E-state index is 12.3. The number of piperidine rings is 1. The SMILES string of the molecule is C=CC(=O)N1CCC(Nc2ccnn2C)(C(=O)NC)CC1.O=CO. The molecule has 0 radical (unpaired) electrons. The third-order valence-electron chi connectivity index (χ3n) is 3.95. The Bertz CT molecular complexity index is 590. The Morgan fingerprint density at radius 1 is 1.42 bits per heavy atom. The van der Waals surface area contributed by atoms with Crippen molar-refractivity contribution in [2.24, 2.45) is 7.05 Å². The molecule has 0 aliphatic carbocycles. The Morgan fingerprint density at radius 3 is 2.42 bits per heavy atom. The summed E-state index contributed by atoms with van der Waals surface area (Å²) < 4.78 is 1.69. The highest BCUT2D eigenvalue weighted by atomic mass is 16.3. The minimum absolute atomic E-state index is 0.0746. The van der Waals surface area contributed by atoms with E-state index in [0.717, 1.165) is 5.82 Å². The lowest BCUT2D eigenvalue weighted by Gasteiger charge is -2.41. The molecule has 1 aromatic heterocycles. The average molecular weight is 337 g/mol. The second-order valence-electron chi connectivity index (χ2n) is 5.26. The number of aromatic nitrogens is 2. The van der Waals surface area contributed by atoms with E-state index in [1.807, 2.05) is 13.1 Å². The number of carbonyl (C=O) groups excluding carboxylic acids is 2. The maximum Gasteiger partial charge on any atom is 0.290 e. The van der Waals surface area contributed by atoms with Gasteiger partial charge in [-0.15, -0.1) is 0 Å². The molecule has 3 N–H and O–H groups in total. The van der Waals surface area contributed by atoms with Gasteiger partial charge in [0.05, 0.1) is 6.20 Å². The second kappa shape index (κ2) is 8.70. The fourth-order valence-corrected chi connectivity index (χ4v) is 2.63. The number of likely N-dealkylation sites (N-methyl/N-ethyl adjacent to an activating group) is 1. The second-order valence-corrected chi connectivity index (χ2v) is 5.26. The Labute approximate surface area is 140 Å². The number of hydrogen-bond donors (Lipinski definition) is 3. The van der Waals surface area contributed by atoms with Crippen LogP contribution in [0.4, 0.5) is 5.82 Å². The van der Waals surface area contributed by atoms with Crippen molar-refractivity contribution in [2.75, 3.05) is 25.5 Å². The van der Waals surface area contributed by atoms with E-state index >= 15 is 0 Å². The van der Waals surface area contributed by atoms with Crippen LogP contribution in [0.15, 0.2) is 24.9 Å². The highest BCUT2D eigenvalue weighted by Gasteiger charge is 2.42. The molecule has 1 aromatic rings. The summed E-state index contributed by atoms with van der Waals surface area (Å²) in [5, 5.41) is 17.0. The van der Waals surface area contributed by atoms with E-state index in [-0.39, 0.29) is 18.3 Å². The van der Waals surface area contributed by atoms with Gasteiger partial charge in [-0.25, -0.2) is 0 Å². The van der Waals surface area contributed by atoms with E-state index in [0.29, 0.717) is 25.9 Å². The molecule has 0 saturated carbocycles. The average Bonchev–Trinajstić information content (AvgIpc) is 2.99. The number of anilines is 1. The molecule has 2 heterocycles. The van der Waals surface area contributed by atoms with Gasteiger partial charge in [-0.1, -0.05) is 6.58 Å². The van der Waals surface area contributed by atoms with Crippen molar-refractivity contribution in [3.05, 3.63) is 24.9 Å². The topological polar surface area (TPSA) is 117 Å². The molecule has 1 saturated heterocycles. The van der Waals surface area contributed by atoms with Gasteiger partial charge in [0.1, 0.15) is 11.4 Å². The van der Waals surface area contributed by atoms with Crippen LogP contribution in [0.1, 0.15) is 12.8 Å². The van der Waals surface area contributed by atoms with Gasteiger partial charge in [0.15, 0.2) is 0 Å². The molecule has 0 atom stereocenters. The number of carbonyl (C=O) groups is 3. The van der Waals surface area contributed by atoms with Gasteiger partial charge < -0.3 is 20.6 Å². The van der Waals surface area contributed by atoms with Crippen LogP contribution in [0.3, 0.4) is 0 Å². The first-order chi connectivity index (χ1) is 11.4. The van der Waals surface area contributed by atoms with Crippen molar-refractivity contribution in [3.63, 3.8) is 0 Å². The lowest BCUT2D eigenvalue weighted by Crippen LogP contribution is -2.58. The van der Waals surface area contributed by atoms with Crippen LogP contribution in [-0.4, -0.2) is 63.7 Å². The lowest BCUT2D eigenvalue weighted by atomic mass is 9.86. The molecule has 0 aromatic carbocycles. The monoisotopic (exact) mass is 337 g/mol. The van der Waals surface area contributed by atoms with Gasteiger partial charge in [-0.2, -0.15) is 5.10 Å². The molecule has 1 aliphatic rings. The molecule has 9 heteroatoms. The van der Waals surface area contributed by atoms with Crippen LogP contribution in [0, 0.1) is 0 Å². The van der Waals surface area contributed by atoms with Crippen molar-refractivity contribution in [1.29, 1.82) is 0 Å². The predicted octanol–water partition coefficient (Wildman–Crippen LogP) is -0.174. The number of carboxylic acid groups (broad SMARTS) is 1. The van der Waals surface area contributed by atoms with Gasteiger partial charge >= 0.3 is 0 Å². The zero-order valence-corrected chi connectivity index (χ0v) is 13.9. The quantitative estimate of drug-likeness (QED) is 0.519. The van der Waals surface area contributed by atoms with E-state index in [1.54, 1.807) is 22.8 Å². The summed E-state index contributed by atoms with van der Waals surface area (Å²) in [6.07, 6.45) is 4.06. The van der Waals surface area contributed by atoms with Crippen LogP contribution in [0.25, 0.3) is 0 Å². The summed E-state index contributed by atoms with van der Waals surface area (Å²) in [5.41, 5.74) is -0.722. The highest BCUT2D eigenvalue weighted by molar-refractivity contribution is 5.90. The summed E-state index contributed by atoms with van der Waals surface area (Å²) in [6, 6.07) is 1.83. The summed E-state index contributed by atoms with van der Waals surface area (Å²) in [4.78, 5) is 34.1. The minimum Gasteiger partial charge on any atom is -0.483 e. The molecule has 9 nitrogen and oxygen atoms in total. The van der Waals surface area contributed by atoms with E-state index < -0.39 is 5.54 Å². The summed E-state index contributed by atoms with van der Waals surface area (Å²) in [7, 11) is 3.44. The number of nitrogens with zero attached hydrogens (tertiary/aromatic N) is 3. The van der Waals surface area contributed by atoms with Crippen LogP contribution >= 0.6 is 0 Å². The third kappa shape index (κ3) is 4.34. The molecule has 0 unspecified atom stereocenters. The molecule has 1 aliphatic heterocycles. The van der Waals surface area contributed by atoms with Crippen molar-refractivity contribution in [1.82, 2.24) is 20.0 Å². The fourth-order valence-electron chi connectivity index (χ4n) is 2.63. The third-order valence-corrected chi connectivity index (χ3v) is 3.95. The number of hydrogen-bond acceptors (Lipinski definition) is 5. The largest absolute Gasteiger partial charge is 0.483 e. The first kappa shape index (κ1) is 19.2. The van der Waals surface area contributed by atoms with Gasteiger partial charge in [-0.05, 0) is 18.9 Å². The van der Waals surface area contributed by atoms with Crippen LogP contribution in [-0.2, 0) is 21.4 Å². The van der Waals surface area contributed by atoms with Gasteiger partial charge in [0.2, 0.25) is 11.8 Å². The van der Waals surface area contributed by atoms with Crippen molar-refractivity contribution in [3.8, 4) is 0 Å². The van der Waals surface area contributed by atoms with Crippen LogP contribution < -0.4 is 10.6 Å². The highest BCUT2D eigenvalue weighted by Crippen LogP contribution is 2.27. The number of likely N-dealkylation sites (tertiary alicyclic amines) is 1. The Hall–Kier alpha value is -2.84. The van der Waals surface area contributed by atoms with E-state index in [2.05, 4.69) is 22.3 Å². The zero-order valence-electron chi connectivity index (χ0n) is 13.9. The Balaban J connectivity index is 0.000000891. The molecule has 2 amide bonds. The molecule has 0 spiro atoms. The minimum atomic E-state index is -0.722. The zero-order chi connectivity index (χ0) is 18.2. The normalized spacial score (nSPS) is 15.5. The summed E-state index contributed by atoms with van der Waals surface area (Å²) in [5.74, 6) is 0.609. The van der Waals surface area contributed by atoms with E-state index in [1.165, 1.54) is 6.08 Å². The Morgan fingerprint density at radius 2 is 2.00 bits per heavy atom. The first-order valence-electron chi connectivity index (χ1n) is 7.41. The van der Waals surface area contributed by atoms with Gasteiger partial charge in [0.25, 0.3) is 6.47 Å². The van der Waals surface area contributed by atoms with Crippen LogP contribution in [0.5, 0.6) is 0 Å². The smallest absolute Gasteiger partial charge is 0.290 e. The summed E-state index contributed by atoms with van der Waals surface area (Å²) >= 11 is 0. The molecular weight excluding hydrogens is 314 g/mol.